The minimum absolute atomic E-state index is 0.151. The Kier molecular flexibility index (Phi) is 6.53. The molecule has 0 aliphatic carbocycles. The number of hydrogen-bond donors (Lipinski definition) is 2. The molecule has 13 heteroatoms. The van der Waals surface area contributed by atoms with E-state index in [1.807, 2.05) is 0 Å². The number of halogens is 4. The first kappa shape index (κ1) is 22.2. The average molecular weight is 442 g/mol. The predicted molar refractivity (Wildman–Crippen MR) is 102 cm³/mol. The first-order valence-corrected chi connectivity index (χ1v) is 8.88. The quantitative estimate of drug-likeness (QED) is 0.529. The third-order valence-corrected chi connectivity index (χ3v) is 4.23. The number of rotatable bonds is 7. The van der Waals surface area contributed by atoms with Crippen molar-refractivity contribution in [3.8, 4) is 5.88 Å². The molecule has 3 rings (SSSR count). The summed E-state index contributed by atoms with van der Waals surface area (Å²) in [5.74, 6) is -0.920. The lowest BCUT2D eigenvalue weighted by atomic mass is 10.1. The molecule has 2 N–H and O–H groups in total. The standard InChI is InChI=1S/C18H18F4N6O3/c1-8-7-28-15(25-8)13(9(2)30-3)12(6-24-28)27-18(29)26-10-4-11(14(19)20)16(23-5-10)31-17(21)22/h4-7,9,14,17H,1-3H3,(H2,26,27,29). The second-order valence-electron chi connectivity index (χ2n) is 6.38. The molecule has 3 heterocycles. The van der Waals surface area contributed by atoms with E-state index in [0.29, 0.717) is 16.9 Å². The van der Waals surface area contributed by atoms with Gasteiger partial charge < -0.3 is 20.1 Å². The first-order chi connectivity index (χ1) is 14.7. The maximum Gasteiger partial charge on any atom is 0.388 e. The summed E-state index contributed by atoms with van der Waals surface area (Å²) in [7, 11) is 1.49. The number of carbonyl (C=O) groups is 1. The largest absolute Gasteiger partial charge is 0.416 e. The number of amides is 2. The van der Waals surface area contributed by atoms with Gasteiger partial charge in [0.1, 0.15) is 0 Å². The van der Waals surface area contributed by atoms with Crippen molar-refractivity contribution in [1.29, 1.82) is 0 Å². The summed E-state index contributed by atoms with van der Waals surface area (Å²) >= 11 is 0. The molecule has 9 nitrogen and oxygen atoms in total. The Balaban J connectivity index is 1.85. The predicted octanol–water partition coefficient (Wildman–Crippen LogP) is 4.32. The van der Waals surface area contributed by atoms with E-state index in [1.165, 1.54) is 17.8 Å². The van der Waals surface area contributed by atoms with E-state index < -0.39 is 36.6 Å². The molecule has 3 aromatic heterocycles. The topological polar surface area (TPSA) is 103 Å². The van der Waals surface area contributed by atoms with Crippen LogP contribution >= 0.6 is 0 Å². The maximum absolute atomic E-state index is 13.1. The number of pyridine rings is 1. The van der Waals surface area contributed by atoms with Crippen LogP contribution in [0, 0.1) is 6.92 Å². The van der Waals surface area contributed by atoms with Crippen molar-refractivity contribution in [2.75, 3.05) is 17.7 Å². The van der Waals surface area contributed by atoms with Crippen LogP contribution < -0.4 is 15.4 Å². The molecular weight excluding hydrogens is 424 g/mol. The Labute approximate surface area is 173 Å². The summed E-state index contributed by atoms with van der Waals surface area (Å²) in [6, 6.07) is -0.00362. The summed E-state index contributed by atoms with van der Waals surface area (Å²) in [5.41, 5.74) is 0.969. The number of ether oxygens (including phenoxy) is 2. The van der Waals surface area contributed by atoms with Crippen LogP contribution in [0.5, 0.6) is 5.88 Å². The van der Waals surface area contributed by atoms with E-state index in [2.05, 4.69) is 30.4 Å². The second kappa shape index (κ2) is 9.12. The van der Waals surface area contributed by atoms with Crippen LogP contribution in [0.4, 0.5) is 33.7 Å². The van der Waals surface area contributed by atoms with Crippen LogP contribution in [0.25, 0.3) is 5.65 Å². The van der Waals surface area contributed by atoms with Gasteiger partial charge in [0.2, 0.25) is 5.88 Å². The van der Waals surface area contributed by atoms with Crippen LogP contribution in [0.1, 0.15) is 36.3 Å². The number of anilines is 2. The minimum Gasteiger partial charge on any atom is -0.416 e. The molecule has 2 amide bonds. The van der Waals surface area contributed by atoms with Gasteiger partial charge in [-0.25, -0.2) is 28.1 Å². The zero-order valence-electron chi connectivity index (χ0n) is 16.6. The fourth-order valence-corrected chi connectivity index (χ4v) is 2.85. The van der Waals surface area contributed by atoms with Crippen molar-refractivity contribution in [1.82, 2.24) is 19.6 Å². The van der Waals surface area contributed by atoms with Crippen molar-refractivity contribution in [2.24, 2.45) is 0 Å². The molecule has 0 bridgehead atoms. The molecule has 0 radical (unpaired) electrons. The summed E-state index contributed by atoms with van der Waals surface area (Å²) < 4.78 is 61.9. The third kappa shape index (κ3) is 4.99. The summed E-state index contributed by atoms with van der Waals surface area (Å²) in [4.78, 5) is 20.3. The fourth-order valence-electron chi connectivity index (χ4n) is 2.85. The third-order valence-electron chi connectivity index (χ3n) is 4.23. The average Bonchev–Trinajstić information content (AvgIpc) is 3.08. The lowest BCUT2D eigenvalue weighted by Gasteiger charge is -2.17. The van der Waals surface area contributed by atoms with Gasteiger partial charge in [0.25, 0.3) is 6.43 Å². The Bertz CT molecular complexity index is 1090. The van der Waals surface area contributed by atoms with Crippen molar-refractivity contribution < 1.29 is 31.8 Å². The molecule has 0 saturated carbocycles. The minimum atomic E-state index is -3.32. The van der Waals surface area contributed by atoms with E-state index >= 15 is 0 Å². The monoisotopic (exact) mass is 442 g/mol. The second-order valence-corrected chi connectivity index (χ2v) is 6.38. The molecule has 0 aromatic carbocycles. The van der Waals surface area contributed by atoms with E-state index in [0.717, 1.165) is 12.3 Å². The first-order valence-electron chi connectivity index (χ1n) is 8.88. The van der Waals surface area contributed by atoms with Crippen LogP contribution in [0.3, 0.4) is 0 Å². The van der Waals surface area contributed by atoms with Crippen LogP contribution in [0.2, 0.25) is 0 Å². The van der Waals surface area contributed by atoms with Gasteiger partial charge >= 0.3 is 12.6 Å². The van der Waals surface area contributed by atoms with E-state index in [9.17, 15) is 22.4 Å². The maximum atomic E-state index is 13.1. The highest BCUT2D eigenvalue weighted by molar-refractivity contribution is 6.00. The van der Waals surface area contributed by atoms with Crippen LogP contribution in [-0.2, 0) is 4.74 Å². The number of aromatic nitrogens is 4. The number of urea groups is 1. The molecule has 0 aliphatic heterocycles. The molecule has 31 heavy (non-hydrogen) atoms. The van der Waals surface area contributed by atoms with E-state index in [1.54, 1.807) is 20.0 Å². The van der Waals surface area contributed by atoms with Gasteiger partial charge in [-0.3, -0.25) is 0 Å². The van der Waals surface area contributed by atoms with E-state index in [-0.39, 0.29) is 11.4 Å². The molecule has 3 aromatic rings. The van der Waals surface area contributed by atoms with Crippen LogP contribution in [0.15, 0.2) is 24.7 Å². The summed E-state index contributed by atoms with van der Waals surface area (Å²) in [6.07, 6.45) is 0.407. The number of aryl methyl sites for hydroxylation is 1. The van der Waals surface area contributed by atoms with Crippen molar-refractivity contribution in [2.45, 2.75) is 33.0 Å². The van der Waals surface area contributed by atoms with Gasteiger partial charge in [-0.1, -0.05) is 0 Å². The van der Waals surface area contributed by atoms with Crippen molar-refractivity contribution in [3.05, 3.63) is 41.5 Å². The molecule has 0 fully saturated rings. The van der Waals surface area contributed by atoms with Crippen molar-refractivity contribution in [3.63, 3.8) is 0 Å². The smallest absolute Gasteiger partial charge is 0.388 e. The normalized spacial score (nSPS) is 12.4. The van der Waals surface area contributed by atoms with Gasteiger partial charge in [-0.15, -0.1) is 0 Å². The molecule has 166 valence electrons. The lowest BCUT2D eigenvalue weighted by Crippen LogP contribution is -2.22. The van der Waals surface area contributed by atoms with Gasteiger partial charge in [0.05, 0.1) is 52.9 Å². The molecule has 1 atom stereocenters. The number of imidazole rings is 1. The number of methoxy groups -OCH3 is 1. The summed E-state index contributed by atoms with van der Waals surface area (Å²) in [5, 5.41) is 9.05. The Morgan fingerprint density at radius 3 is 2.58 bits per heavy atom. The number of alkyl halides is 4. The highest BCUT2D eigenvalue weighted by Crippen LogP contribution is 2.31. The van der Waals surface area contributed by atoms with Gasteiger partial charge in [0, 0.05) is 7.11 Å². The zero-order valence-corrected chi connectivity index (χ0v) is 16.6. The molecule has 0 spiro atoms. The zero-order chi connectivity index (χ0) is 22.7. The molecular formula is C18H18F4N6O3. The Morgan fingerprint density at radius 1 is 1.19 bits per heavy atom. The van der Waals surface area contributed by atoms with Gasteiger partial charge in [0.15, 0.2) is 5.65 Å². The SMILES string of the molecule is COC(C)c1c(NC(=O)Nc2cnc(OC(F)F)c(C(F)F)c2)cnn2cc(C)nc12. The number of nitrogens with one attached hydrogen (secondary N) is 2. The molecule has 1 unspecified atom stereocenters. The Hall–Kier alpha value is -3.48. The number of fused-ring (bicyclic) bond motifs is 1. The van der Waals surface area contributed by atoms with Gasteiger partial charge in [-0.05, 0) is 19.9 Å². The molecule has 0 aliphatic rings. The van der Waals surface area contributed by atoms with Crippen molar-refractivity contribution >= 4 is 23.1 Å². The number of carbonyl (C=O) groups excluding carboxylic acids is 1. The number of nitrogens with zero attached hydrogens (tertiary/aromatic N) is 4. The number of hydrogen-bond acceptors (Lipinski definition) is 6. The Morgan fingerprint density at radius 2 is 1.94 bits per heavy atom. The van der Waals surface area contributed by atoms with E-state index in [4.69, 9.17) is 4.74 Å². The summed E-state index contributed by atoms with van der Waals surface area (Å²) in [6.45, 7) is 0.218. The lowest BCUT2D eigenvalue weighted by molar-refractivity contribution is -0.0550. The highest BCUT2D eigenvalue weighted by atomic mass is 19.3. The molecule has 0 saturated heterocycles. The highest BCUT2D eigenvalue weighted by Gasteiger charge is 2.22. The van der Waals surface area contributed by atoms with Crippen LogP contribution in [-0.4, -0.2) is 39.3 Å². The fraction of sp³-hybridized carbons (Fsp3) is 0.333. The van der Waals surface area contributed by atoms with Gasteiger partial charge in [-0.2, -0.15) is 13.9 Å².